The fourth-order valence-corrected chi connectivity index (χ4v) is 2.39. The molecule has 0 aliphatic carbocycles. The third kappa shape index (κ3) is 5.76. The second kappa shape index (κ2) is 9.31. The van der Waals surface area contributed by atoms with Crippen molar-refractivity contribution in [2.75, 3.05) is 23.0 Å². The normalized spacial score (nSPS) is 11.1. The van der Waals surface area contributed by atoms with Crippen molar-refractivity contribution in [1.82, 2.24) is 0 Å². The zero-order valence-corrected chi connectivity index (χ0v) is 16.0. The lowest BCUT2D eigenvalue weighted by molar-refractivity contribution is -0.384. The van der Waals surface area contributed by atoms with Gasteiger partial charge in [-0.05, 0) is 43.3 Å². The van der Waals surface area contributed by atoms with Crippen molar-refractivity contribution in [3.05, 3.63) is 58.1 Å². The monoisotopic (exact) mass is 400 g/mol. The zero-order valence-electron chi connectivity index (χ0n) is 16.0. The van der Waals surface area contributed by atoms with Gasteiger partial charge in [0.25, 0.3) is 11.6 Å². The standard InChI is InChI=1S/C19H20N4O6/c1-11(18(25)22-15-7-5-14(6-8-15)21-12(2)24)29-19(26)13-4-9-16(20-3)17(10-13)23(27)28/h4-11,20H,1-3H3,(H,21,24)(H,22,25)/t11-/m0/s1. The number of nitrogens with one attached hydrogen (secondary N) is 3. The molecular weight excluding hydrogens is 380 g/mol. The first kappa shape index (κ1) is 21.4. The van der Waals surface area contributed by atoms with Crippen LogP contribution in [-0.2, 0) is 14.3 Å². The molecule has 0 bridgehead atoms. The van der Waals surface area contributed by atoms with Gasteiger partial charge >= 0.3 is 5.97 Å². The van der Waals surface area contributed by atoms with E-state index in [1.807, 2.05) is 0 Å². The predicted molar refractivity (Wildman–Crippen MR) is 107 cm³/mol. The quantitative estimate of drug-likeness (QED) is 0.369. The van der Waals surface area contributed by atoms with Gasteiger partial charge in [-0.2, -0.15) is 0 Å². The predicted octanol–water partition coefficient (Wildman–Crippen LogP) is 2.78. The number of hydrogen-bond donors (Lipinski definition) is 3. The van der Waals surface area contributed by atoms with Gasteiger partial charge in [0.1, 0.15) is 5.69 Å². The van der Waals surface area contributed by atoms with Gasteiger partial charge < -0.3 is 20.7 Å². The summed E-state index contributed by atoms with van der Waals surface area (Å²) in [6.07, 6.45) is -1.14. The fourth-order valence-electron chi connectivity index (χ4n) is 2.39. The molecule has 0 spiro atoms. The summed E-state index contributed by atoms with van der Waals surface area (Å²) in [5.74, 6) is -1.66. The summed E-state index contributed by atoms with van der Waals surface area (Å²) in [6, 6.07) is 10.2. The highest BCUT2D eigenvalue weighted by Gasteiger charge is 2.22. The van der Waals surface area contributed by atoms with Gasteiger partial charge in [-0.15, -0.1) is 0 Å². The number of carbonyl (C=O) groups excluding carboxylic acids is 3. The minimum absolute atomic E-state index is 0.0463. The van der Waals surface area contributed by atoms with E-state index in [1.165, 1.54) is 33.0 Å². The van der Waals surface area contributed by atoms with Crippen molar-refractivity contribution in [1.29, 1.82) is 0 Å². The van der Waals surface area contributed by atoms with E-state index in [0.717, 1.165) is 6.07 Å². The molecule has 10 nitrogen and oxygen atoms in total. The Morgan fingerprint density at radius 1 is 1.03 bits per heavy atom. The molecule has 1 atom stereocenters. The molecule has 2 aromatic rings. The molecule has 0 saturated heterocycles. The number of nitrogens with zero attached hydrogens (tertiary/aromatic N) is 1. The van der Waals surface area contributed by atoms with E-state index in [9.17, 15) is 24.5 Å². The molecule has 2 rings (SSSR count). The van der Waals surface area contributed by atoms with Crippen LogP contribution in [0.2, 0.25) is 0 Å². The highest BCUT2D eigenvalue weighted by Crippen LogP contribution is 2.25. The van der Waals surface area contributed by atoms with Gasteiger partial charge in [0.2, 0.25) is 5.91 Å². The van der Waals surface area contributed by atoms with Crippen molar-refractivity contribution in [2.24, 2.45) is 0 Å². The molecule has 2 amide bonds. The molecule has 0 aliphatic rings. The van der Waals surface area contributed by atoms with Crippen LogP contribution in [0.15, 0.2) is 42.5 Å². The van der Waals surface area contributed by atoms with Gasteiger partial charge in [-0.3, -0.25) is 19.7 Å². The number of anilines is 3. The lowest BCUT2D eigenvalue weighted by atomic mass is 10.1. The average Bonchev–Trinajstić information content (AvgIpc) is 2.68. The zero-order chi connectivity index (χ0) is 21.6. The van der Waals surface area contributed by atoms with Crippen LogP contribution in [0.25, 0.3) is 0 Å². The molecule has 0 unspecified atom stereocenters. The number of benzene rings is 2. The van der Waals surface area contributed by atoms with Gasteiger partial charge in [-0.25, -0.2) is 4.79 Å². The summed E-state index contributed by atoms with van der Waals surface area (Å²) in [7, 11) is 1.52. The van der Waals surface area contributed by atoms with Crippen LogP contribution in [-0.4, -0.2) is 35.9 Å². The smallest absolute Gasteiger partial charge is 0.339 e. The molecule has 0 aliphatic heterocycles. The van der Waals surface area contributed by atoms with Crippen LogP contribution in [0.5, 0.6) is 0 Å². The number of nitro benzene ring substituents is 1. The number of amides is 2. The summed E-state index contributed by atoms with van der Waals surface area (Å²) in [5.41, 5.74) is 0.941. The molecule has 0 fully saturated rings. The number of esters is 1. The van der Waals surface area contributed by atoms with E-state index in [1.54, 1.807) is 24.3 Å². The molecule has 152 valence electrons. The van der Waals surface area contributed by atoms with Crippen molar-refractivity contribution >= 4 is 40.5 Å². The second-order valence-corrected chi connectivity index (χ2v) is 6.03. The van der Waals surface area contributed by atoms with Gasteiger partial charge in [0.05, 0.1) is 10.5 Å². The highest BCUT2D eigenvalue weighted by atomic mass is 16.6. The third-order valence-electron chi connectivity index (χ3n) is 3.83. The minimum atomic E-state index is -1.14. The molecule has 2 aromatic carbocycles. The van der Waals surface area contributed by atoms with Gasteiger partial charge in [-0.1, -0.05) is 0 Å². The SMILES string of the molecule is CNc1ccc(C(=O)O[C@@H](C)C(=O)Nc2ccc(NC(C)=O)cc2)cc1[N+](=O)[O-]. The maximum Gasteiger partial charge on any atom is 0.339 e. The van der Waals surface area contributed by atoms with Crippen molar-refractivity contribution in [3.63, 3.8) is 0 Å². The first-order valence-corrected chi connectivity index (χ1v) is 8.57. The summed E-state index contributed by atoms with van der Waals surface area (Å²) in [4.78, 5) is 46.0. The topological polar surface area (TPSA) is 140 Å². The molecule has 3 N–H and O–H groups in total. The van der Waals surface area contributed by atoms with Gasteiger partial charge in [0.15, 0.2) is 6.10 Å². The van der Waals surface area contributed by atoms with E-state index in [4.69, 9.17) is 4.74 Å². The summed E-state index contributed by atoms with van der Waals surface area (Å²) >= 11 is 0. The molecule has 29 heavy (non-hydrogen) atoms. The summed E-state index contributed by atoms with van der Waals surface area (Å²) in [5, 5.41) is 18.9. The molecule has 0 aromatic heterocycles. The van der Waals surface area contributed by atoms with Crippen LogP contribution in [0.4, 0.5) is 22.7 Å². The number of carbonyl (C=O) groups is 3. The largest absolute Gasteiger partial charge is 0.449 e. The van der Waals surface area contributed by atoms with Crippen LogP contribution in [0.3, 0.4) is 0 Å². The van der Waals surface area contributed by atoms with Crippen LogP contribution in [0, 0.1) is 10.1 Å². The lowest BCUT2D eigenvalue weighted by Gasteiger charge is -2.14. The Morgan fingerprint density at radius 2 is 1.62 bits per heavy atom. The maximum absolute atomic E-state index is 12.2. The Balaban J connectivity index is 2.02. The van der Waals surface area contributed by atoms with Crippen molar-refractivity contribution in [3.8, 4) is 0 Å². The summed E-state index contributed by atoms with van der Waals surface area (Å²) < 4.78 is 5.10. The van der Waals surface area contributed by atoms with Crippen LogP contribution >= 0.6 is 0 Å². The molecular formula is C19H20N4O6. The molecule has 0 heterocycles. The van der Waals surface area contributed by atoms with Gasteiger partial charge in [0, 0.05) is 31.4 Å². The number of rotatable bonds is 7. The summed E-state index contributed by atoms with van der Waals surface area (Å²) in [6.45, 7) is 2.77. The Bertz CT molecular complexity index is 942. The number of ether oxygens (including phenoxy) is 1. The first-order valence-electron chi connectivity index (χ1n) is 8.57. The van der Waals surface area contributed by atoms with E-state index in [-0.39, 0.29) is 22.8 Å². The average molecular weight is 400 g/mol. The Labute approximate surface area is 166 Å². The van der Waals surface area contributed by atoms with Crippen molar-refractivity contribution in [2.45, 2.75) is 20.0 Å². The fraction of sp³-hybridized carbons (Fsp3) is 0.211. The Morgan fingerprint density at radius 3 is 2.14 bits per heavy atom. The molecule has 10 heteroatoms. The number of nitro groups is 1. The maximum atomic E-state index is 12.2. The van der Waals surface area contributed by atoms with E-state index in [0.29, 0.717) is 11.4 Å². The van der Waals surface area contributed by atoms with E-state index in [2.05, 4.69) is 16.0 Å². The Kier molecular flexibility index (Phi) is 6.85. The van der Waals surface area contributed by atoms with Crippen LogP contribution < -0.4 is 16.0 Å². The third-order valence-corrected chi connectivity index (χ3v) is 3.83. The Hall–Kier alpha value is -3.95. The second-order valence-electron chi connectivity index (χ2n) is 6.03. The van der Waals surface area contributed by atoms with Crippen molar-refractivity contribution < 1.29 is 24.0 Å². The number of hydrogen-bond acceptors (Lipinski definition) is 7. The minimum Gasteiger partial charge on any atom is -0.449 e. The van der Waals surface area contributed by atoms with E-state index < -0.39 is 22.9 Å². The van der Waals surface area contributed by atoms with E-state index >= 15 is 0 Å². The molecule has 0 radical (unpaired) electrons. The lowest BCUT2D eigenvalue weighted by Crippen LogP contribution is -2.30. The highest BCUT2D eigenvalue weighted by molar-refractivity contribution is 5.98. The molecule has 0 saturated carbocycles. The first-order chi connectivity index (χ1) is 13.7. The van der Waals surface area contributed by atoms with Crippen LogP contribution in [0.1, 0.15) is 24.2 Å².